The SMILES string of the molecule is CC(C)(C)C(NC(=O)C(F)(F)F)C(=O)N1C[C@H]2[C@@H]([C@H]1C(=O)NC(C#N)c1cc(=O)n3cc[nH]c3n1)C2(C)C. The van der Waals surface area contributed by atoms with Crippen molar-refractivity contribution < 1.29 is 27.6 Å². The van der Waals surface area contributed by atoms with Gasteiger partial charge in [-0.15, -0.1) is 0 Å². The van der Waals surface area contributed by atoms with Crippen LogP contribution in [0.2, 0.25) is 0 Å². The number of imidazole rings is 1. The monoisotopic (exact) mass is 535 g/mol. The highest BCUT2D eigenvalue weighted by atomic mass is 19.4. The van der Waals surface area contributed by atoms with Crippen molar-refractivity contribution >= 4 is 23.5 Å². The highest BCUT2D eigenvalue weighted by molar-refractivity contribution is 5.95. The molecule has 3 amide bonds. The van der Waals surface area contributed by atoms with Crippen LogP contribution in [-0.2, 0) is 14.4 Å². The number of halogens is 3. The Morgan fingerprint density at radius 3 is 2.47 bits per heavy atom. The van der Waals surface area contributed by atoms with Crippen molar-refractivity contribution in [1.82, 2.24) is 29.9 Å². The molecule has 1 aliphatic heterocycles. The molecule has 14 heteroatoms. The molecule has 0 radical (unpaired) electrons. The number of amides is 3. The second-order valence-electron chi connectivity index (χ2n) is 11.4. The number of H-pyrrole nitrogens is 1. The van der Waals surface area contributed by atoms with Gasteiger partial charge in [-0.25, -0.2) is 4.98 Å². The summed E-state index contributed by atoms with van der Waals surface area (Å²) in [6.45, 7) is 8.47. The Labute approximate surface area is 215 Å². The molecule has 204 valence electrons. The highest BCUT2D eigenvalue weighted by Gasteiger charge is 2.70. The fraction of sp³-hybridized carbons (Fsp3) is 0.583. The fourth-order valence-corrected chi connectivity index (χ4v) is 5.33. The lowest BCUT2D eigenvalue weighted by Gasteiger charge is -2.37. The number of nitrogens with one attached hydrogen (secondary N) is 3. The first-order valence-corrected chi connectivity index (χ1v) is 11.9. The molecule has 2 aromatic rings. The summed E-state index contributed by atoms with van der Waals surface area (Å²) in [6, 6.07) is -0.976. The second-order valence-corrected chi connectivity index (χ2v) is 11.4. The maximum absolute atomic E-state index is 13.6. The highest BCUT2D eigenvalue weighted by Crippen LogP contribution is 2.65. The summed E-state index contributed by atoms with van der Waals surface area (Å²) in [7, 11) is 0. The van der Waals surface area contributed by atoms with Crippen LogP contribution in [0.1, 0.15) is 46.4 Å². The van der Waals surface area contributed by atoms with Gasteiger partial charge in [0, 0.05) is 25.0 Å². The predicted molar refractivity (Wildman–Crippen MR) is 126 cm³/mol. The third kappa shape index (κ3) is 4.61. The van der Waals surface area contributed by atoms with Gasteiger partial charge in [0.1, 0.15) is 12.1 Å². The molecule has 2 aliphatic rings. The standard InChI is InChI=1S/C24H28F3N7O4/c1-22(2,3)17(32-20(38)24(25,26)27)19(37)34-10-11-15(23(11,4)5)16(34)18(36)30-13(9-28)12-8-14(35)33-7-6-29-21(33)31-12/h6-8,11,13,15-17H,10H2,1-5H3,(H,29,31)(H,30,36)(H,32,38)/t11-,13?,15-,16-,17?/m0/s1. The number of nitrogens with zero attached hydrogens (tertiary/aromatic N) is 4. The lowest BCUT2D eigenvalue weighted by molar-refractivity contribution is -0.176. The van der Waals surface area contributed by atoms with Crippen LogP contribution in [-0.4, -0.2) is 61.8 Å². The number of aromatic nitrogens is 3. The van der Waals surface area contributed by atoms with Crippen LogP contribution in [0.15, 0.2) is 23.3 Å². The first kappa shape index (κ1) is 27.2. The number of alkyl halides is 3. The molecule has 2 unspecified atom stereocenters. The maximum Gasteiger partial charge on any atom is 0.471 e. The minimum atomic E-state index is -5.19. The molecule has 1 aliphatic carbocycles. The molecular weight excluding hydrogens is 507 g/mol. The molecule has 0 aromatic carbocycles. The van der Waals surface area contributed by atoms with Crippen molar-refractivity contribution in [1.29, 1.82) is 5.26 Å². The second kappa shape index (κ2) is 8.85. The molecule has 0 spiro atoms. The number of likely N-dealkylation sites (tertiary alicyclic amines) is 1. The Bertz CT molecular complexity index is 1400. The van der Waals surface area contributed by atoms with Crippen LogP contribution >= 0.6 is 0 Å². The third-order valence-electron chi connectivity index (χ3n) is 7.53. The molecule has 0 bridgehead atoms. The molecule has 2 fully saturated rings. The predicted octanol–water partition coefficient (Wildman–Crippen LogP) is 1.28. The largest absolute Gasteiger partial charge is 0.471 e. The van der Waals surface area contributed by atoms with Gasteiger partial charge >= 0.3 is 12.1 Å². The zero-order valence-electron chi connectivity index (χ0n) is 21.4. The van der Waals surface area contributed by atoms with Crippen LogP contribution in [0.4, 0.5) is 13.2 Å². The van der Waals surface area contributed by atoms with Gasteiger partial charge in [-0.1, -0.05) is 34.6 Å². The van der Waals surface area contributed by atoms with E-state index in [1.165, 1.54) is 42.5 Å². The Kier molecular flexibility index (Phi) is 6.32. The lowest BCUT2D eigenvalue weighted by Crippen LogP contribution is -2.60. The van der Waals surface area contributed by atoms with E-state index in [1.807, 2.05) is 19.9 Å². The minimum absolute atomic E-state index is 0.0132. The van der Waals surface area contributed by atoms with E-state index in [2.05, 4.69) is 15.3 Å². The molecule has 1 saturated heterocycles. The van der Waals surface area contributed by atoms with Gasteiger partial charge in [-0.3, -0.25) is 23.6 Å². The average Bonchev–Trinajstić information content (AvgIpc) is 3.22. The molecular formula is C24H28F3N7O4. The van der Waals surface area contributed by atoms with Crippen LogP contribution in [0, 0.1) is 34.0 Å². The fourth-order valence-electron chi connectivity index (χ4n) is 5.33. The molecule has 2 aromatic heterocycles. The van der Waals surface area contributed by atoms with Crippen LogP contribution in [0.25, 0.3) is 5.78 Å². The minimum Gasteiger partial charge on any atom is -0.336 e. The van der Waals surface area contributed by atoms with Crippen LogP contribution < -0.4 is 16.2 Å². The molecule has 11 nitrogen and oxygen atoms in total. The number of rotatable bonds is 5. The van der Waals surface area contributed by atoms with Crippen molar-refractivity contribution in [2.24, 2.45) is 22.7 Å². The van der Waals surface area contributed by atoms with E-state index in [9.17, 15) is 37.6 Å². The number of piperidine rings is 1. The molecule has 1 saturated carbocycles. The molecule has 5 atom stereocenters. The van der Waals surface area contributed by atoms with Gasteiger partial charge in [0.15, 0.2) is 6.04 Å². The molecule has 4 rings (SSSR count). The number of carbonyl (C=O) groups is 3. The Morgan fingerprint density at radius 1 is 1.24 bits per heavy atom. The molecule has 3 N–H and O–H groups in total. The number of aromatic amines is 1. The molecule has 38 heavy (non-hydrogen) atoms. The van der Waals surface area contributed by atoms with Gasteiger partial charge < -0.3 is 20.5 Å². The topological polar surface area (TPSA) is 152 Å². The number of hydrogen-bond acceptors (Lipinski definition) is 6. The van der Waals surface area contributed by atoms with Crippen molar-refractivity contribution in [3.8, 4) is 6.07 Å². The van der Waals surface area contributed by atoms with E-state index in [0.29, 0.717) is 0 Å². The number of carbonyl (C=O) groups excluding carboxylic acids is 3. The third-order valence-corrected chi connectivity index (χ3v) is 7.53. The molecule has 3 heterocycles. The summed E-state index contributed by atoms with van der Waals surface area (Å²) >= 11 is 0. The number of fused-ring (bicyclic) bond motifs is 2. The van der Waals surface area contributed by atoms with E-state index in [4.69, 9.17) is 0 Å². The van der Waals surface area contributed by atoms with E-state index in [1.54, 1.807) is 5.32 Å². The Morgan fingerprint density at radius 2 is 1.89 bits per heavy atom. The average molecular weight is 536 g/mol. The lowest BCUT2D eigenvalue weighted by atomic mass is 9.85. The van der Waals surface area contributed by atoms with Gasteiger partial charge in [0.05, 0.1) is 11.8 Å². The van der Waals surface area contributed by atoms with Crippen LogP contribution in [0.5, 0.6) is 0 Å². The first-order chi connectivity index (χ1) is 17.5. The van der Waals surface area contributed by atoms with E-state index in [0.717, 1.165) is 6.07 Å². The number of hydrogen-bond donors (Lipinski definition) is 3. The summed E-state index contributed by atoms with van der Waals surface area (Å²) in [5.74, 6) is -4.02. The maximum atomic E-state index is 13.6. The zero-order valence-corrected chi connectivity index (χ0v) is 21.4. The van der Waals surface area contributed by atoms with Crippen molar-refractivity contribution in [3.63, 3.8) is 0 Å². The Hall–Kier alpha value is -3.89. The van der Waals surface area contributed by atoms with Gasteiger partial charge in [-0.2, -0.15) is 18.4 Å². The van der Waals surface area contributed by atoms with Crippen molar-refractivity contribution in [2.45, 2.75) is 58.9 Å². The van der Waals surface area contributed by atoms with Gasteiger partial charge in [-0.05, 0) is 22.7 Å². The van der Waals surface area contributed by atoms with E-state index < -0.39 is 53.0 Å². The van der Waals surface area contributed by atoms with E-state index >= 15 is 0 Å². The summed E-state index contributed by atoms with van der Waals surface area (Å²) in [6.07, 6.45) is -2.26. The summed E-state index contributed by atoms with van der Waals surface area (Å²) in [4.78, 5) is 59.3. The van der Waals surface area contributed by atoms with Crippen molar-refractivity contribution in [2.75, 3.05) is 6.54 Å². The van der Waals surface area contributed by atoms with E-state index in [-0.39, 0.29) is 35.3 Å². The van der Waals surface area contributed by atoms with Gasteiger partial charge in [0.2, 0.25) is 17.6 Å². The first-order valence-electron chi connectivity index (χ1n) is 11.9. The van der Waals surface area contributed by atoms with Crippen molar-refractivity contribution in [3.05, 3.63) is 34.5 Å². The van der Waals surface area contributed by atoms with Crippen LogP contribution in [0.3, 0.4) is 0 Å². The smallest absolute Gasteiger partial charge is 0.336 e. The normalized spacial score (nSPS) is 23.8. The summed E-state index contributed by atoms with van der Waals surface area (Å²) in [5.41, 5.74) is -1.92. The Balaban J connectivity index is 1.62. The summed E-state index contributed by atoms with van der Waals surface area (Å²) in [5, 5.41) is 14.1. The summed E-state index contributed by atoms with van der Waals surface area (Å²) < 4.78 is 40.2. The van der Waals surface area contributed by atoms with Gasteiger partial charge in [0.25, 0.3) is 5.56 Å². The quantitative estimate of drug-likeness (QED) is 0.525. The zero-order chi connectivity index (χ0) is 28.4. The number of nitriles is 1.